The molecule has 7 heteroatoms. The standard InChI is InChI=1S/C23H24N2O5/c1-5-12-25-18-9-8-17(14-20(18)30-15(2)23(25)27)24-22(26)11-7-16-6-10-19(28-3)21(13-16)29-4/h5-11,13-15H,1,12H2,2-4H3,(H,24,26)/b11-7+. The Bertz CT molecular complexity index is 999. The summed E-state index contributed by atoms with van der Waals surface area (Å²) in [7, 11) is 3.12. The molecule has 0 saturated heterocycles. The lowest BCUT2D eigenvalue weighted by Gasteiger charge is -2.32. The zero-order chi connectivity index (χ0) is 21.7. The van der Waals surface area contributed by atoms with Crippen molar-refractivity contribution in [3.05, 3.63) is 60.7 Å². The van der Waals surface area contributed by atoms with E-state index in [1.165, 1.54) is 6.08 Å². The van der Waals surface area contributed by atoms with Gasteiger partial charge in [-0.15, -0.1) is 6.58 Å². The van der Waals surface area contributed by atoms with Crippen molar-refractivity contribution in [2.45, 2.75) is 13.0 Å². The number of methoxy groups -OCH3 is 2. The van der Waals surface area contributed by atoms with Gasteiger partial charge in [-0.2, -0.15) is 0 Å². The zero-order valence-electron chi connectivity index (χ0n) is 17.2. The maximum absolute atomic E-state index is 12.3. The molecule has 1 aliphatic rings. The second-order valence-electron chi connectivity index (χ2n) is 6.62. The van der Waals surface area contributed by atoms with Gasteiger partial charge >= 0.3 is 0 Å². The Balaban J connectivity index is 1.73. The molecule has 0 saturated carbocycles. The second-order valence-corrected chi connectivity index (χ2v) is 6.62. The van der Waals surface area contributed by atoms with E-state index in [4.69, 9.17) is 14.2 Å². The highest BCUT2D eigenvalue weighted by molar-refractivity contribution is 6.03. The Labute approximate surface area is 175 Å². The summed E-state index contributed by atoms with van der Waals surface area (Å²) in [4.78, 5) is 26.3. The Kier molecular flexibility index (Phi) is 6.41. The lowest BCUT2D eigenvalue weighted by atomic mass is 10.1. The van der Waals surface area contributed by atoms with Crippen molar-refractivity contribution in [3.8, 4) is 17.2 Å². The first kappa shape index (κ1) is 21.0. The number of benzene rings is 2. The van der Waals surface area contributed by atoms with Crippen LogP contribution in [0.5, 0.6) is 17.2 Å². The minimum Gasteiger partial charge on any atom is -0.493 e. The third kappa shape index (κ3) is 4.46. The second kappa shape index (κ2) is 9.17. The first-order valence-corrected chi connectivity index (χ1v) is 9.41. The SMILES string of the molecule is C=CCN1C(=O)C(C)Oc2cc(NC(=O)/C=C/c3ccc(OC)c(OC)c3)ccc21. The van der Waals surface area contributed by atoms with E-state index in [2.05, 4.69) is 11.9 Å². The van der Waals surface area contributed by atoms with E-state index in [1.54, 1.807) is 68.5 Å². The number of anilines is 2. The first-order chi connectivity index (χ1) is 14.5. The molecule has 1 atom stereocenters. The molecule has 30 heavy (non-hydrogen) atoms. The van der Waals surface area contributed by atoms with Crippen LogP contribution in [0.3, 0.4) is 0 Å². The fourth-order valence-electron chi connectivity index (χ4n) is 3.12. The molecule has 0 spiro atoms. The molecule has 0 bridgehead atoms. The van der Waals surface area contributed by atoms with Crippen molar-refractivity contribution >= 4 is 29.3 Å². The molecule has 2 amide bonds. The number of hydrogen-bond acceptors (Lipinski definition) is 5. The van der Waals surface area contributed by atoms with Gasteiger partial charge in [0.1, 0.15) is 5.75 Å². The average Bonchev–Trinajstić information content (AvgIpc) is 2.75. The molecule has 1 unspecified atom stereocenters. The highest BCUT2D eigenvalue weighted by atomic mass is 16.5. The van der Waals surface area contributed by atoms with Gasteiger partial charge in [0, 0.05) is 24.4 Å². The molecular weight excluding hydrogens is 384 g/mol. The maximum Gasteiger partial charge on any atom is 0.268 e. The Morgan fingerprint density at radius 3 is 2.67 bits per heavy atom. The summed E-state index contributed by atoms with van der Waals surface area (Å²) in [5, 5.41) is 2.80. The molecule has 3 rings (SSSR count). The number of nitrogens with zero attached hydrogens (tertiary/aromatic N) is 1. The minimum absolute atomic E-state index is 0.128. The largest absolute Gasteiger partial charge is 0.493 e. The van der Waals surface area contributed by atoms with Crippen molar-refractivity contribution in [1.29, 1.82) is 0 Å². The summed E-state index contributed by atoms with van der Waals surface area (Å²) in [6.07, 6.45) is 4.17. The number of amides is 2. The molecular formula is C23H24N2O5. The third-order valence-electron chi connectivity index (χ3n) is 4.58. The maximum atomic E-state index is 12.3. The smallest absolute Gasteiger partial charge is 0.268 e. The number of fused-ring (bicyclic) bond motifs is 1. The van der Waals surface area contributed by atoms with E-state index in [1.807, 2.05) is 6.07 Å². The van der Waals surface area contributed by atoms with Gasteiger partial charge in [-0.05, 0) is 42.8 Å². The summed E-state index contributed by atoms with van der Waals surface area (Å²) < 4.78 is 16.2. The quantitative estimate of drug-likeness (QED) is 0.559. The topological polar surface area (TPSA) is 77.1 Å². The monoisotopic (exact) mass is 408 g/mol. The van der Waals surface area contributed by atoms with Crippen LogP contribution in [0.1, 0.15) is 12.5 Å². The van der Waals surface area contributed by atoms with Crippen LogP contribution in [0.15, 0.2) is 55.1 Å². The minimum atomic E-state index is -0.603. The first-order valence-electron chi connectivity index (χ1n) is 9.41. The van der Waals surface area contributed by atoms with Gasteiger partial charge in [-0.25, -0.2) is 0 Å². The van der Waals surface area contributed by atoms with E-state index in [0.29, 0.717) is 35.2 Å². The Morgan fingerprint density at radius 1 is 1.20 bits per heavy atom. The van der Waals surface area contributed by atoms with Crippen LogP contribution in [0.2, 0.25) is 0 Å². The lowest BCUT2D eigenvalue weighted by molar-refractivity contribution is -0.125. The van der Waals surface area contributed by atoms with Crippen LogP contribution in [-0.4, -0.2) is 38.7 Å². The van der Waals surface area contributed by atoms with Gasteiger partial charge in [-0.1, -0.05) is 12.1 Å². The summed E-state index contributed by atoms with van der Waals surface area (Å²) >= 11 is 0. The molecule has 7 nitrogen and oxygen atoms in total. The van der Waals surface area contributed by atoms with Gasteiger partial charge in [0.25, 0.3) is 5.91 Å². The Morgan fingerprint density at radius 2 is 1.97 bits per heavy atom. The van der Waals surface area contributed by atoms with Crippen molar-refractivity contribution < 1.29 is 23.8 Å². The molecule has 1 N–H and O–H groups in total. The molecule has 2 aromatic carbocycles. The number of carbonyl (C=O) groups is 2. The molecule has 0 aromatic heterocycles. The van der Waals surface area contributed by atoms with Crippen molar-refractivity contribution in [1.82, 2.24) is 0 Å². The highest BCUT2D eigenvalue weighted by Gasteiger charge is 2.30. The lowest BCUT2D eigenvalue weighted by Crippen LogP contribution is -2.44. The molecule has 0 aliphatic carbocycles. The summed E-state index contributed by atoms with van der Waals surface area (Å²) in [5.74, 6) is 1.31. The van der Waals surface area contributed by atoms with Gasteiger partial charge in [-0.3, -0.25) is 9.59 Å². The molecule has 0 radical (unpaired) electrons. The fourth-order valence-corrected chi connectivity index (χ4v) is 3.12. The normalized spacial score (nSPS) is 15.4. The number of hydrogen-bond donors (Lipinski definition) is 1. The van der Waals surface area contributed by atoms with Crippen LogP contribution < -0.4 is 24.4 Å². The van der Waals surface area contributed by atoms with Crippen molar-refractivity contribution in [2.75, 3.05) is 31.0 Å². The third-order valence-corrected chi connectivity index (χ3v) is 4.58. The van der Waals surface area contributed by atoms with Crippen LogP contribution in [-0.2, 0) is 9.59 Å². The number of rotatable bonds is 7. The summed E-state index contributed by atoms with van der Waals surface area (Å²) in [6, 6.07) is 10.6. The van der Waals surface area contributed by atoms with E-state index in [0.717, 1.165) is 5.56 Å². The molecule has 2 aromatic rings. The van der Waals surface area contributed by atoms with Crippen LogP contribution in [0.4, 0.5) is 11.4 Å². The van der Waals surface area contributed by atoms with E-state index < -0.39 is 6.10 Å². The predicted molar refractivity (Wildman–Crippen MR) is 116 cm³/mol. The molecule has 0 fully saturated rings. The van der Waals surface area contributed by atoms with Crippen LogP contribution in [0, 0.1) is 0 Å². The van der Waals surface area contributed by atoms with E-state index in [-0.39, 0.29) is 11.8 Å². The Hall–Kier alpha value is -3.74. The molecule has 1 aliphatic heterocycles. The number of carbonyl (C=O) groups excluding carboxylic acids is 2. The van der Waals surface area contributed by atoms with Crippen LogP contribution in [0.25, 0.3) is 6.08 Å². The van der Waals surface area contributed by atoms with Gasteiger partial charge in [0.05, 0.1) is 19.9 Å². The molecule has 156 valence electrons. The summed E-state index contributed by atoms with van der Waals surface area (Å²) in [5.41, 5.74) is 2.01. The fraction of sp³-hybridized carbons (Fsp3) is 0.217. The van der Waals surface area contributed by atoms with Crippen molar-refractivity contribution in [3.63, 3.8) is 0 Å². The highest BCUT2D eigenvalue weighted by Crippen LogP contribution is 2.36. The average molecular weight is 408 g/mol. The van der Waals surface area contributed by atoms with Gasteiger partial charge < -0.3 is 24.4 Å². The van der Waals surface area contributed by atoms with Crippen molar-refractivity contribution in [2.24, 2.45) is 0 Å². The van der Waals surface area contributed by atoms with E-state index in [9.17, 15) is 9.59 Å². The van der Waals surface area contributed by atoms with Gasteiger partial charge in [0.2, 0.25) is 5.91 Å². The van der Waals surface area contributed by atoms with E-state index >= 15 is 0 Å². The number of nitrogens with one attached hydrogen (secondary N) is 1. The van der Waals surface area contributed by atoms with Crippen LogP contribution >= 0.6 is 0 Å². The zero-order valence-corrected chi connectivity index (χ0v) is 17.2. The summed E-state index contributed by atoms with van der Waals surface area (Å²) in [6.45, 7) is 5.78. The number of ether oxygens (including phenoxy) is 3. The van der Waals surface area contributed by atoms with Gasteiger partial charge in [0.15, 0.2) is 17.6 Å². The predicted octanol–water partition coefficient (Wildman–Crippen LogP) is 3.66. The molecule has 1 heterocycles.